The predicted molar refractivity (Wildman–Crippen MR) is 109 cm³/mol. The van der Waals surface area contributed by atoms with E-state index < -0.39 is 44.3 Å². The Morgan fingerprint density at radius 1 is 0.758 bits per heavy atom. The van der Waals surface area contributed by atoms with Crippen molar-refractivity contribution in [3.63, 3.8) is 0 Å². The number of carbonyl (C=O) groups is 2. The van der Waals surface area contributed by atoms with E-state index in [0.29, 0.717) is 0 Å². The molecule has 176 valence electrons. The summed E-state index contributed by atoms with van der Waals surface area (Å²) in [5.74, 6) is -3.18. The van der Waals surface area contributed by atoms with Crippen molar-refractivity contribution >= 4 is 23.3 Å². The maximum atomic E-state index is 11.2. The van der Waals surface area contributed by atoms with E-state index in [4.69, 9.17) is 29.2 Å². The lowest BCUT2D eigenvalue weighted by Gasteiger charge is -2.13. The minimum absolute atomic E-state index is 0.0273. The molecule has 0 saturated carbocycles. The number of carboxylic acids is 2. The zero-order chi connectivity index (χ0) is 24.7. The second-order valence-corrected chi connectivity index (χ2v) is 6.22. The summed E-state index contributed by atoms with van der Waals surface area (Å²) in [5.41, 5.74) is -2.48. The summed E-state index contributed by atoms with van der Waals surface area (Å²) in [6.07, 6.45) is 0.190. The molecule has 0 aliphatic rings. The quantitative estimate of drug-likeness (QED) is 0.264. The van der Waals surface area contributed by atoms with E-state index >= 15 is 0 Å². The molecule has 0 fully saturated rings. The maximum absolute atomic E-state index is 11.2. The minimum atomic E-state index is -1.50. The molecule has 0 radical (unpaired) electrons. The normalized spacial score (nSPS) is 10.2. The highest BCUT2D eigenvalue weighted by molar-refractivity contribution is 5.94. The van der Waals surface area contributed by atoms with E-state index in [2.05, 4.69) is 0 Å². The smallest absolute Gasteiger partial charge is 0.342 e. The summed E-state index contributed by atoms with van der Waals surface area (Å²) in [4.78, 5) is 43.0. The Kier molecular flexibility index (Phi) is 7.92. The first-order chi connectivity index (χ1) is 15.6. The number of nitro benzene ring substituents is 2. The van der Waals surface area contributed by atoms with Gasteiger partial charge in [0, 0.05) is 18.6 Å². The van der Waals surface area contributed by atoms with Gasteiger partial charge in [-0.1, -0.05) is 0 Å². The van der Waals surface area contributed by atoms with Crippen LogP contribution in [0.25, 0.3) is 0 Å². The molecule has 0 heterocycles. The van der Waals surface area contributed by atoms with Crippen molar-refractivity contribution in [1.82, 2.24) is 0 Å². The van der Waals surface area contributed by atoms with Crippen molar-refractivity contribution in [3.05, 3.63) is 55.6 Å². The minimum Gasteiger partial charge on any atom is -0.493 e. The molecule has 0 aromatic heterocycles. The first kappa shape index (κ1) is 24.6. The summed E-state index contributed by atoms with van der Waals surface area (Å²) in [7, 11) is 2.48. The number of nitrogens with zero attached hydrogens (tertiary/aromatic N) is 2. The zero-order valence-electron chi connectivity index (χ0n) is 17.3. The number of benzene rings is 2. The summed E-state index contributed by atoms with van der Waals surface area (Å²) < 4.78 is 20.9. The number of hydrogen-bond acceptors (Lipinski definition) is 10. The highest BCUT2D eigenvalue weighted by atomic mass is 16.6. The number of methoxy groups -OCH3 is 2. The Bertz CT molecular complexity index is 1010. The van der Waals surface area contributed by atoms with Gasteiger partial charge >= 0.3 is 11.9 Å². The third-order valence-electron chi connectivity index (χ3n) is 4.22. The predicted octanol–water partition coefficient (Wildman–Crippen LogP) is 2.76. The molecule has 0 spiro atoms. The van der Waals surface area contributed by atoms with Crippen molar-refractivity contribution in [2.45, 2.75) is 6.42 Å². The van der Waals surface area contributed by atoms with Gasteiger partial charge in [-0.25, -0.2) is 9.59 Å². The van der Waals surface area contributed by atoms with Crippen LogP contribution in [0.3, 0.4) is 0 Å². The Morgan fingerprint density at radius 2 is 1.12 bits per heavy atom. The number of ether oxygens (including phenoxy) is 4. The second-order valence-electron chi connectivity index (χ2n) is 6.22. The van der Waals surface area contributed by atoms with Crippen LogP contribution >= 0.6 is 0 Å². The highest BCUT2D eigenvalue weighted by Crippen LogP contribution is 2.36. The first-order valence-corrected chi connectivity index (χ1v) is 9.05. The molecule has 2 N–H and O–H groups in total. The number of rotatable bonds is 12. The number of nitro groups is 2. The van der Waals surface area contributed by atoms with E-state index in [1.54, 1.807) is 0 Å². The monoisotopic (exact) mass is 466 g/mol. The van der Waals surface area contributed by atoms with E-state index in [0.717, 1.165) is 24.3 Å². The fourth-order valence-corrected chi connectivity index (χ4v) is 2.71. The van der Waals surface area contributed by atoms with E-state index in [1.807, 2.05) is 0 Å². The average Bonchev–Trinajstić information content (AvgIpc) is 2.77. The van der Waals surface area contributed by atoms with Crippen LogP contribution in [0.5, 0.6) is 23.0 Å². The lowest BCUT2D eigenvalue weighted by atomic mass is 10.1. The number of carboxylic acid groups (broad SMARTS) is 2. The van der Waals surface area contributed by atoms with Crippen LogP contribution in [-0.2, 0) is 0 Å². The lowest BCUT2D eigenvalue weighted by molar-refractivity contribution is -0.385. The molecule has 0 amide bonds. The molecular weight excluding hydrogens is 448 g/mol. The standard InChI is InChI=1S/C19H18N2O12/c1-30-14-6-10(18(22)23)12(20(26)27)8-16(14)32-4-3-5-33-17-9-13(21(28)29)11(19(24)25)7-15(17)31-2/h6-9H,3-5H2,1-2H3,(H,22,23)(H,24,25). The summed E-state index contributed by atoms with van der Waals surface area (Å²) in [6.45, 7) is -0.0882. The molecule has 0 atom stereocenters. The van der Waals surface area contributed by atoms with Gasteiger partial charge in [-0.3, -0.25) is 20.2 Å². The molecule has 0 saturated heterocycles. The summed E-state index contributed by atoms with van der Waals surface area (Å²) in [6, 6.07) is 3.81. The van der Waals surface area contributed by atoms with Gasteiger partial charge in [0.2, 0.25) is 0 Å². The fraction of sp³-hybridized carbons (Fsp3) is 0.263. The highest BCUT2D eigenvalue weighted by Gasteiger charge is 2.25. The summed E-state index contributed by atoms with van der Waals surface area (Å²) in [5, 5.41) is 40.5. The van der Waals surface area contributed by atoms with Gasteiger partial charge in [0.1, 0.15) is 11.1 Å². The molecule has 14 nitrogen and oxygen atoms in total. The van der Waals surface area contributed by atoms with E-state index in [9.17, 15) is 29.8 Å². The average molecular weight is 466 g/mol. The van der Waals surface area contributed by atoms with Gasteiger partial charge in [0.15, 0.2) is 23.0 Å². The largest absolute Gasteiger partial charge is 0.493 e. The van der Waals surface area contributed by atoms with Crippen molar-refractivity contribution in [2.24, 2.45) is 0 Å². The van der Waals surface area contributed by atoms with Crippen molar-refractivity contribution in [2.75, 3.05) is 27.4 Å². The van der Waals surface area contributed by atoms with E-state index in [1.165, 1.54) is 14.2 Å². The SMILES string of the molecule is COc1cc(C(=O)O)c([N+](=O)[O-])cc1OCCCOc1cc([N+](=O)[O-])c(C(=O)O)cc1OC. The topological polar surface area (TPSA) is 198 Å². The zero-order valence-corrected chi connectivity index (χ0v) is 17.3. The lowest BCUT2D eigenvalue weighted by Crippen LogP contribution is -2.09. The summed E-state index contributed by atoms with van der Waals surface area (Å²) >= 11 is 0. The molecule has 33 heavy (non-hydrogen) atoms. The van der Waals surface area contributed by atoms with Crippen LogP contribution in [0.15, 0.2) is 24.3 Å². The third kappa shape index (κ3) is 5.75. The van der Waals surface area contributed by atoms with Gasteiger partial charge in [-0.05, 0) is 0 Å². The molecule has 2 aromatic rings. The van der Waals surface area contributed by atoms with Gasteiger partial charge in [-0.2, -0.15) is 0 Å². The molecule has 2 rings (SSSR count). The number of aromatic carboxylic acids is 2. The van der Waals surface area contributed by atoms with Crippen LogP contribution in [0, 0.1) is 20.2 Å². The van der Waals surface area contributed by atoms with Crippen molar-refractivity contribution in [3.8, 4) is 23.0 Å². The maximum Gasteiger partial charge on any atom is 0.342 e. The van der Waals surface area contributed by atoms with Crippen LogP contribution in [-0.4, -0.2) is 59.4 Å². The third-order valence-corrected chi connectivity index (χ3v) is 4.22. The second kappa shape index (κ2) is 10.6. The van der Waals surface area contributed by atoms with Gasteiger partial charge < -0.3 is 29.2 Å². The molecule has 0 aliphatic heterocycles. The molecule has 0 unspecified atom stereocenters. The van der Waals surface area contributed by atoms with Crippen molar-refractivity contribution < 1.29 is 48.6 Å². The number of hydrogen-bond donors (Lipinski definition) is 2. The van der Waals surface area contributed by atoms with Crippen LogP contribution in [0.4, 0.5) is 11.4 Å². The van der Waals surface area contributed by atoms with Crippen LogP contribution in [0.1, 0.15) is 27.1 Å². The van der Waals surface area contributed by atoms with Gasteiger partial charge in [0.05, 0.1) is 49.4 Å². The Balaban J connectivity index is 2.11. The molecule has 0 aliphatic carbocycles. The first-order valence-electron chi connectivity index (χ1n) is 9.05. The molecule has 0 bridgehead atoms. The molecular formula is C19H18N2O12. The molecule has 2 aromatic carbocycles. The molecule has 14 heteroatoms. The van der Waals surface area contributed by atoms with Crippen LogP contribution < -0.4 is 18.9 Å². The van der Waals surface area contributed by atoms with Gasteiger partial charge in [-0.15, -0.1) is 0 Å². The Labute approximate surface area is 185 Å². The van der Waals surface area contributed by atoms with Crippen molar-refractivity contribution in [1.29, 1.82) is 0 Å². The Hall–Kier alpha value is -4.62. The van der Waals surface area contributed by atoms with Gasteiger partial charge in [0.25, 0.3) is 11.4 Å². The van der Waals surface area contributed by atoms with E-state index in [-0.39, 0.29) is 42.6 Å². The Morgan fingerprint density at radius 3 is 1.39 bits per heavy atom. The van der Waals surface area contributed by atoms with Crippen LogP contribution in [0.2, 0.25) is 0 Å². The fourth-order valence-electron chi connectivity index (χ4n) is 2.71.